The van der Waals surface area contributed by atoms with E-state index in [1.807, 2.05) is 73.7 Å². The van der Waals surface area contributed by atoms with E-state index in [0.717, 1.165) is 17.4 Å². The van der Waals surface area contributed by atoms with E-state index < -0.39 is 5.41 Å². The Morgan fingerprint density at radius 2 is 1.70 bits per heavy atom. The molecule has 2 rings (SSSR count). The molecule has 2 aromatic rings. The Bertz CT molecular complexity index is 587. The topological polar surface area (TPSA) is 17.1 Å². The van der Waals surface area contributed by atoms with Gasteiger partial charge in [-0.3, -0.25) is 0 Å². The van der Waals surface area contributed by atoms with E-state index in [1.54, 1.807) is 0 Å². The van der Waals surface area contributed by atoms with Gasteiger partial charge in [-0.1, -0.05) is 66.2 Å². The molecule has 0 saturated heterocycles. The second-order valence-corrected chi connectivity index (χ2v) is 5.50. The number of halogens is 1. The third-order valence-corrected chi connectivity index (χ3v) is 3.67. The standard InChI is InChI=1S/C18H17ClO/c1-18(14-20,16-9-11-17(19)12-10-16)13-5-8-15-6-3-2-4-7-15/h2-12,14H,13H2,1H3/b8-5+. The van der Waals surface area contributed by atoms with Gasteiger partial charge in [0.15, 0.2) is 0 Å². The summed E-state index contributed by atoms with van der Waals surface area (Å²) < 4.78 is 0. The minimum atomic E-state index is -0.518. The molecule has 2 aromatic carbocycles. The van der Waals surface area contributed by atoms with Crippen molar-refractivity contribution < 1.29 is 4.79 Å². The largest absolute Gasteiger partial charge is 0.302 e. The summed E-state index contributed by atoms with van der Waals surface area (Å²) in [6.07, 6.45) is 5.74. The smallest absolute Gasteiger partial charge is 0.130 e. The molecule has 1 atom stereocenters. The average molecular weight is 285 g/mol. The lowest BCUT2D eigenvalue weighted by molar-refractivity contribution is -0.112. The zero-order valence-electron chi connectivity index (χ0n) is 11.4. The zero-order chi connectivity index (χ0) is 14.4. The SMILES string of the molecule is CC(C=O)(C/C=C/c1ccccc1)c1ccc(Cl)cc1. The Hall–Kier alpha value is -1.86. The highest BCUT2D eigenvalue weighted by Crippen LogP contribution is 2.27. The van der Waals surface area contributed by atoms with Gasteiger partial charge in [-0.05, 0) is 36.6 Å². The van der Waals surface area contributed by atoms with Gasteiger partial charge < -0.3 is 4.79 Å². The highest BCUT2D eigenvalue weighted by molar-refractivity contribution is 6.30. The summed E-state index contributed by atoms with van der Waals surface area (Å²) in [4.78, 5) is 11.5. The molecule has 0 bridgehead atoms. The molecule has 0 aliphatic heterocycles. The molecule has 0 radical (unpaired) electrons. The molecule has 0 fully saturated rings. The van der Waals surface area contributed by atoms with Crippen molar-refractivity contribution in [2.45, 2.75) is 18.8 Å². The lowest BCUT2D eigenvalue weighted by Crippen LogP contribution is -2.22. The summed E-state index contributed by atoms with van der Waals surface area (Å²) in [6, 6.07) is 17.5. The fourth-order valence-corrected chi connectivity index (χ4v) is 2.19. The first-order chi connectivity index (χ1) is 9.64. The van der Waals surface area contributed by atoms with Crippen molar-refractivity contribution in [2.75, 3.05) is 0 Å². The minimum absolute atomic E-state index is 0.518. The van der Waals surface area contributed by atoms with Crippen LogP contribution in [-0.4, -0.2) is 6.29 Å². The number of hydrogen-bond acceptors (Lipinski definition) is 1. The van der Waals surface area contributed by atoms with Crippen LogP contribution in [0.3, 0.4) is 0 Å². The number of benzene rings is 2. The van der Waals surface area contributed by atoms with Gasteiger partial charge in [0.05, 0.1) is 5.41 Å². The molecule has 0 aromatic heterocycles. The first-order valence-electron chi connectivity index (χ1n) is 6.58. The summed E-state index contributed by atoms with van der Waals surface area (Å²) in [6.45, 7) is 1.94. The molecule has 0 heterocycles. The molecule has 102 valence electrons. The quantitative estimate of drug-likeness (QED) is 0.714. The van der Waals surface area contributed by atoms with Crippen LogP contribution < -0.4 is 0 Å². The average Bonchev–Trinajstić information content (AvgIpc) is 2.49. The normalized spacial score (nSPS) is 14.1. The maximum absolute atomic E-state index is 11.5. The third-order valence-electron chi connectivity index (χ3n) is 3.42. The second kappa shape index (κ2) is 6.53. The number of rotatable bonds is 5. The maximum Gasteiger partial charge on any atom is 0.130 e. The highest BCUT2D eigenvalue weighted by Gasteiger charge is 2.24. The van der Waals surface area contributed by atoms with Crippen molar-refractivity contribution in [3.63, 3.8) is 0 Å². The molecular weight excluding hydrogens is 268 g/mol. The number of allylic oxidation sites excluding steroid dienone is 1. The summed E-state index contributed by atoms with van der Waals surface area (Å²) in [5.74, 6) is 0. The molecule has 0 amide bonds. The molecule has 1 unspecified atom stereocenters. The van der Waals surface area contributed by atoms with Gasteiger partial charge in [0.25, 0.3) is 0 Å². The van der Waals surface area contributed by atoms with Crippen LogP contribution >= 0.6 is 11.6 Å². The predicted octanol–water partition coefficient (Wildman–Crippen LogP) is 4.90. The molecular formula is C18H17ClO. The Morgan fingerprint density at radius 3 is 2.30 bits per heavy atom. The van der Waals surface area contributed by atoms with Gasteiger partial charge in [-0.2, -0.15) is 0 Å². The van der Waals surface area contributed by atoms with Gasteiger partial charge in [0, 0.05) is 5.02 Å². The summed E-state index contributed by atoms with van der Waals surface area (Å²) in [5, 5.41) is 0.682. The van der Waals surface area contributed by atoms with E-state index in [2.05, 4.69) is 0 Å². The third kappa shape index (κ3) is 3.58. The van der Waals surface area contributed by atoms with Gasteiger partial charge in [0.2, 0.25) is 0 Å². The van der Waals surface area contributed by atoms with Crippen LogP contribution in [-0.2, 0) is 10.2 Å². The van der Waals surface area contributed by atoms with Crippen LogP contribution in [0.5, 0.6) is 0 Å². The van der Waals surface area contributed by atoms with Crippen LogP contribution in [0.25, 0.3) is 6.08 Å². The van der Waals surface area contributed by atoms with Crippen molar-refractivity contribution in [3.8, 4) is 0 Å². The van der Waals surface area contributed by atoms with E-state index >= 15 is 0 Å². The Morgan fingerprint density at radius 1 is 1.05 bits per heavy atom. The van der Waals surface area contributed by atoms with Crippen LogP contribution in [0.15, 0.2) is 60.7 Å². The lowest BCUT2D eigenvalue weighted by atomic mass is 9.81. The molecule has 0 N–H and O–H groups in total. The van der Waals surface area contributed by atoms with Gasteiger partial charge in [-0.25, -0.2) is 0 Å². The Kier molecular flexibility index (Phi) is 4.75. The number of aldehydes is 1. The van der Waals surface area contributed by atoms with E-state index in [4.69, 9.17) is 11.6 Å². The number of carbonyl (C=O) groups excluding carboxylic acids is 1. The van der Waals surface area contributed by atoms with Gasteiger partial charge in [0.1, 0.15) is 6.29 Å². The van der Waals surface area contributed by atoms with Gasteiger partial charge in [-0.15, -0.1) is 0 Å². The van der Waals surface area contributed by atoms with E-state index in [9.17, 15) is 4.79 Å². The predicted molar refractivity (Wildman–Crippen MR) is 85.0 cm³/mol. The molecule has 0 saturated carbocycles. The maximum atomic E-state index is 11.5. The van der Waals surface area contributed by atoms with Crippen molar-refractivity contribution in [1.82, 2.24) is 0 Å². The lowest BCUT2D eigenvalue weighted by Gasteiger charge is -2.22. The minimum Gasteiger partial charge on any atom is -0.302 e. The van der Waals surface area contributed by atoms with Crippen LogP contribution in [0.1, 0.15) is 24.5 Å². The molecule has 20 heavy (non-hydrogen) atoms. The molecule has 0 aliphatic rings. The highest BCUT2D eigenvalue weighted by atomic mass is 35.5. The fourth-order valence-electron chi connectivity index (χ4n) is 2.07. The monoisotopic (exact) mass is 284 g/mol. The Balaban J connectivity index is 2.14. The van der Waals surface area contributed by atoms with Crippen molar-refractivity contribution in [3.05, 3.63) is 76.8 Å². The second-order valence-electron chi connectivity index (χ2n) is 5.06. The van der Waals surface area contributed by atoms with Crippen LogP contribution in [0.2, 0.25) is 5.02 Å². The van der Waals surface area contributed by atoms with Gasteiger partial charge >= 0.3 is 0 Å². The molecule has 0 aliphatic carbocycles. The molecule has 2 heteroatoms. The molecule has 0 spiro atoms. The number of hydrogen-bond donors (Lipinski definition) is 0. The van der Waals surface area contributed by atoms with Crippen molar-refractivity contribution in [2.24, 2.45) is 0 Å². The summed E-state index contributed by atoms with van der Waals surface area (Å²) in [7, 11) is 0. The number of carbonyl (C=O) groups is 1. The first-order valence-corrected chi connectivity index (χ1v) is 6.96. The van der Waals surface area contributed by atoms with Crippen molar-refractivity contribution >= 4 is 24.0 Å². The van der Waals surface area contributed by atoms with E-state index in [1.165, 1.54) is 0 Å². The zero-order valence-corrected chi connectivity index (χ0v) is 12.2. The summed E-state index contributed by atoms with van der Waals surface area (Å²) in [5.41, 5.74) is 1.60. The molecule has 1 nitrogen and oxygen atoms in total. The van der Waals surface area contributed by atoms with E-state index in [0.29, 0.717) is 11.4 Å². The van der Waals surface area contributed by atoms with Crippen LogP contribution in [0.4, 0.5) is 0 Å². The van der Waals surface area contributed by atoms with Crippen LogP contribution in [0, 0.1) is 0 Å². The fraction of sp³-hybridized carbons (Fsp3) is 0.167. The van der Waals surface area contributed by atoms with E-state index in [-0.39, 0.29) is 0 Å². The summed E-state index contributed by atoms with van der Waals surface area (Å²) >= 11 is 5.89. The van der Waals surface area contributed by atoms with Crippen molar-refractivity contribution in [1.29, 1.82) is 0 Å². The first kappa shape index (κ1) is 14.5. The Labute approximate surface area is 124 Å².